The molecule has 1 aromatic heterocycles. The molecule has 0 saturated carbocycles. The minimum atomic E-state index is -0.0208. The zero-order valence-corrected chi connectivity index (χ0v) is 13.2. The number of halogens is 1. The topological polar surface area (TPSA) is 47.3 Å². The lowest BCUT2D eigenvalue weighted by Crippen LogP contribution is -2.51. The Bertz CT molecular complexity index is 488. The third-order valence-corrected chi connectivity index (χ3v) is 4.90. The van der Waals surface area contributed by atoms with Crippen molar-refractivity contribution in [3.05, 3.63) is 20.8 Å². The van der Waals surface area contributed by atoms with Crippen LogP contribution in [0.3, 0.4) is 0 Å². The summed E-state index contributed by atoms with van der Waals surface area (Å²) in [5, 5.41) is 10.9. The van der Waals surface area contributed by atoms with Gasteiger partial charge < -0.3 is 4.90 Å². The number of thiophene rings is 1. The molecule has 6 heteroatoms. The monoisotopic (exact) mass is 341 g/mol. The molecule has 0 radical (unpaired) electrons. The van der Waals surface area contributed by atoms with E-state index in [1.54, 1.807) is 0 Å². The van der Waals surface area contributed by atoms with Crippen LogP contribution in [0.4, 0.5) is 0 Å². The van der Waals surface area contributed by atoms with Crippen LogP contribution in [0.5, 0.6) is 0 Å². The Morgan fingerprint density at radius 2 is 2.21 bits per heavy atom. The van der Waals surface area contributed by atoms with Crippen molar-refractivity contribution >= 4 is 33.2 Å². The van der Waals surface area contributed by atoms with E-state index in [9.17, 15) is 4.79 Å². The number of carbonyl (C=O) groups excluding carboxylic acids is 1. The van der Waals surface area contributed by atoms with Gasteiger partial charge in [0.25, 0.3) is 5.91 Å². The normalized spacial score (nSPS) is 18.1. The fourth-order valence-electron chi connectivity index (χ4n) is 2.27. The fourth-order valence-corrected chi connectivity index (χ4v) is 3.40. The Hall–Kier alpha value is -0.900. The molecule has 0 aromatic carbocycles. The first-order valence-electron chi connectivity index (χ1n) is 6.32. The molecule has 102 valence electrons. The molecule has 0 spiro atoms. The maximum atomic E-state index is 12.3. The van der Waals surface area contributed by atoms with E-state index in [-0.39, 0.29) is 11.9 Å². The van der Waals surface area contributed by atoms with Gasteiger partial charge in [-0.2, -0.15) is 5.26 Å². The van der Waals surface area contributed by atoms with Crippen molar-refractivity contribution in [2.75, 3.05) is 26.2 Å². The van der Waals surface area contributed by atoms with Crippen LogP contribution >= 0.6 is 27.3 Å². The van der Waals surface area contributed by atoms with Crippen molar-refractivity contribution in [2.45, 2.75) is 19.4 Å². The van der Waals surface area contributed by atoms with Crippen LogP contribution in [-0.2, 0) is 0 Å². The quantitative estimate of drug-likeness (QED) is 0.848. The summed E-state index contributed by atoms with van der Waals surface area (Å²) in [7, 11) is 0. The first-order chi connectivity index (χ1) is 9.15. The molecule has 1 fully saturated rings. The highest BCUT2D eigenvalue weighted by molar-refractivity contribution is 9.11. The lowest BCUT2D eigenvalue weighted by atomic mass is 10.1. The number of amides is 1. The van der Waals surface area contributed by atoms with Gasteiger partial charge in [-0.1, -0.05) is 6.92 Å². The van der Waals surface area contributed by atoms with E-state index in [4.69, 9.17) is 5.26 Å². The molecular weight excluding hydrogens is 326 g/mol. The SMILES string of the molecule is CCC(C#N)N1CCN(C(=O)c2csc(Br)c2)CC1. The molecule has 1 unspecified atom stereocenters. The second-order valence-corrected chi connectivity index (χ2v) is 6.81. The zero-order valence-electron chi connectivity index (χ0n) is 10.8. The highest BCUT2D eigenvalue weighted by Gasteiger charge is 2.26. The third-order valence-electron chi connectivity index (χ3n) is 3.39. The molecule has 2 rings (SSSR count). The van der Waals surface area contributed by atoms with Gasteiger partial charge in [0.1, 0.15) is 0 Å². The highest BCUT2D eigenvalue weighted by Crippen LogP contribution is 2.22. The molecule has 1 atom stereocenters. The molecule has 1 aliphatic heterocycles. The van der Waals surface area contributed by atoms with Gasteiger partial charge in [0.15, 0.2) is 0 Å². The lowest BCUT2D eigenvalue weighted by molar-refractivity contribution is 0.0605. The summed E-state index contributed by atoms with van der Waals surface area (Å²) >= 11 is 4.90. The zero-order chi connectivity index (χ0) is 13.8. The lowest BCUT2D eigenvalue weighted by Gasteiger charge is -2.36. The Kier molecular flexibility index (Phi) is 4.97. The summed E-state index contributed by atoms with van der Waals surface area (Å²) in [4.78, 5) is 16.3. The Balaban J connectivity index is 1.93. The van der Waals surface area contributed by atoms with Crippen LogP contribution in [0, 0.1) is 11.3 Å². The van der Waals surface area contributed by atoms with Gasteiger partial charge in [0.2, 0.25) is 0 Å². The largest absolute Gasteiger partial charge is 0.336 e. The predicted molar refractivity (Wildman–Crippen MR) is 79.2 cm³/mol. The van der Waals surface area contributed by atoms with Gasteiger partial charge in [-0.3, -0.25) is 9.69 Å². The minimum Gasteiger partial charge on any atom is -0.336 e. The fraction of sp³-hybridized carbons (Fsp3) is 0.538. The van der Waals surface area contributed by atoms with Gasteiger partial charge in [0.05, 0.1) is 21.5 Å². The molecule has 0 aliphatic carbocycles. The molecule has 0 N–H and O–H groups in total. The maximum Gasteiger partial charge on any atom is 0.254 e. The molecule has 2 heterocycles. The second-order valence-electron chi connectivity index (χ2n) is 4.52. The predicted octanol–water partition coefficient (Wildman–Crippen LogP) is 2.57. The van der Waals surface area contributed by atoms with Gasteiger partial charge in [-0.25, -0.2) is 0 Å². The second kappa shape index (κ2) is 6.51. The van der Waals surface area contributed by atoms with E-state index in [0.717, 1.165) is 28.9 Å². The van der Waals surface area contributed by atoms with Crippen LogP contribution in [0.1, 0.15) is 23.7 Å². The molecule has 0 bridgehead atoms. The van der Waals surface area contributed by atoms with Crippen molar-refractivity contribution < 1.29 is 4.79 Å². The molecule has 4 nitrogen and oxygen atoms in total. The van der Waals surface area contributed by atoms with Crippen molar-refractivity contribution in [3.8, 4) is 6.07 Å². The van der Waals surface area contributed by atoms with Gasteiger partial charge in [0, 0.05) is 31.6 Å². The average molecular weight is 342 g/mol. The number of nitriles is 1. The number of hydrogen-bond donors (Lipinski definition) is 0. The summed E-state index contributed by atoms with van der Waals surface area (Å²) in [6.45, 7) is 4.98. The van der Waals surface area contributed by atoms with Crippen LogP contribution in [-0.4, -0.2) is 47.9 Å². The number of carbonyl (C=O) groups is 1. The summed E-state index contributed by atoms with van der Waals surface area (Å²) in [6.07, 6.45) is 0.835. The first kappa shape index (κ1) is 14.5. The van der Waals surface area contributed by atoms with E-state index in [1.807, 2.05) is 23.3 Å². The minimum absolute atomic E-state index is 0.0208. The summed E-state index contributed by atoms with van der Waals surface area (Å²) in [5.41, 5.74) is 0.748. The van der Waals surface area contributed by atoms with E-state index in [0.29, 0.717) is 13.1 Å². The first-order valence-corrected chi connectivity index (χ1v) is 8.00. The van der Waals surface area contributed by atoms with Gasteiger partial charge >= 0.3 is 0 Å². The standard InChI is InChI=1S/C13H16BrN3OS/c1-2-11(8-15)16-3-5-17(6-4-16)13(18)10-7-12(14)19-9-10/h7,9,11H,2-6H2,1H3. The van der Waals surface area contributed by atoms with Crippen molar-refractivity contribution in [1.29, 1.82) is 5.26 Å². The van der Waals surface area contributed by atoms with Crippen molar-refractivity contribution in [1.82, 2.24) is 9.80 Å². The smallest absolute Gasteiger partial charge is 0.254 e. The summed E-state index contributed by atoms with van der Waals surface area (Å²) in [6, 6.07) is 4.16. The van der Waals surface area contributed by atoms with Crippen molar-refractivity contribution in [3.63, 3.8) is 0 Å². The summed E-state index contributed by atoms with van der Waals surface area (Å²) in [5.74, 6) is 0.0895. The average Bonchev–Trinajstić information content (AvgIpc) is 2.87. The molecule has 1 amide bonds. The van der Waals surface area contributed by atoms with E-state index < -0.39 is 0 Å². The van der Waals surface area contributed by atoms with Crippen LogP contribution < -0.4 is 0 Å². The molecule has 1 aromatic rings. The molecule has 19 heavy (non-hydrogen) atoms. The third kappa shape index (κ3) is 3.35. The maximum absolute atomic E-state index is 12.3. The van der Waals surface area contributed by atoms with Crippen molar-refractivity contribution in [2.24, 2.45) is 0 Å². The van der Waals surface area contributed by atoms with Gasteiger partial charge in [-0.15, -0.1) is 11.3 Å². The molecule has 1 saturated heterocycles. The molecule has 1 aliphatic rings. The Labute approximate surface area is 125 Å². The van der Waals surface area contributed by atoms with Crippen LogP contribution in [0.25, 0.3) is 0 Å². The summed E-state index contributed by atoms with van der Waals surface area (Å²) < 4.78 is 0.977. The molecular formula is C13H16BrN3OS. The van der Waals surface area contributed by atoms with E-state index in [2.05, 4.69) is 26.9 Å². The number of hydrogen-bond acceptors (Lipinski definition) is 4. The Morgan fingerprint density at radius 1 is 1.53 bits per heavy atom. The number of rotatable bonds is 3. The Morgan fingerprint density at radius 3 is 2.68 bits per heavy atom. The van der Waals surface area contributed by atoms with Crippen LogP contribution in [0.15, 0.2) is 15.2 Å². The van der Waals surface area contributed by atoms with Gasteiger partial charge in [-0.05, 0) is 28.4 Å². The van der Waals surface area contributed by atoms with Crippen LogP contribution in [0.2, 0.25) is 0 Å². The highest BCUT2D eigenvalue weighted by atomic mass is 79.9. The van der Waals surface area contributed by atoms with E-state index in [1.165, 1.54) is 11.3 Å². The number of piperazine rings is 1. The van der Waals surface area contributed by atoms with E-state index >= 15 is 0 Å². The number of nitrogens with zero attached hydrogens (tertiary/aromatic N) is 3.